The Morgan fingerprint density at radius 3 is 3.00 bits per heavy atom. The maximum absolute atomic E-state index is 13.0. The Labute approximate surface area is 133 Å². The largest absolute Gasteiger partial charge is 0.493 e. The number of nitrogens with zero attached hydrogens (tertiary/aromatic N) is 1. The maximum atomic E-state index is 13.0. The second-order valence-electron chi connectivity index (χ2n) is 5.34. The zero-order valence-electron chi connectivity index (χ0n) is 12.7. The van der Waals surface area contributed by atoms with Crippen LogP contribution in [0.15, 0.2) is 24.3 Å². The van der Waals surface area contributed by atoms with Crippen molar-refractivity contribution in [2.24, 2.45) is 0 Å². The van der Waals surface area contributed by atoms with Crippen LogP contribution < -0.4 is 4.74 Å². The highest BCUT2D eigenvalue weighted by Crippen LogP contribution is 2.13. The minimum absolute atomic E-state index is 0.0495. The fourth-order valence-electron chi connectivity index (χ4n) is 2.39. The smallest absolute Gasteiger partial charge is 0.306 e. The summed E-state index contributed by atoms with van der Waals surface area (Å²) in [6, 6.07) is 5.85. The van der Waals surface area contributed by atoms with Crippen LogP contribution in [-0.4, -0.2) is 54.3 Å². The summed E-state index contributed by atoms with van der Waals surface area (Å²) in [6.45, 7) is 1.44. The summed E-state index contributed by atoms with van der Waals surface area (Å²) < 4.78 is 23.7. The topological polar surface area (TPSA) is 76.1 Å². The molecule has 1 aromatic rings. The van der Waals surface area contributed by atoms with Gasteiger partial charge < -0.3 is 19.5 Å². The van der Waals surface area contributed by atoms with E-state index in [1.165, 1.54) is 12.1 Å². The molecule has 2 rings (SSSR count). The molecule has 1 fully saturated rings. The van der Waals surface area contributed by atoms with E-state index in [0.717, 1.165) is 0 Å². The molecule has 0 spiro atoms. The number of ether oxygens (including phenoxy) is 2. The Hall–Kier alpha value is -2.15. The van der Waals surface area contributed by atoms with E-state index in [-0.39, 0.29) is 18.1 Å². The molecule has 0 aromatic heterocycles. The Morgan fingerprint density at radius 2 is 2.26 bits per heavy atom. The quantitative estimate of drug-likeness (QED) is 0.772. The van der Waals surface area contributed by atoms with Crippen molar-refractivity contribution in [3.8, 4) is 5.75 Å². The number of carboxylic acids is 1. The van der Waals surface area contributed by atoms with Gasteiger partial charge in [0.1, 0.15) is 11.6 Å². The van der Waals surface area contributed by atoms with Crippen molar-refractivity contribution in [3.05, 3.63) is 30.1 Å². The molecule has 1 heterocycles. The highest BCUT2D eigenvalue weighted by atomic mass is 19.1. The Bertz CT molecular complexity index is 551. The molecule has 23 heavy (non-hydrogen) atoms. The van der Waals surface area contributed by atoms with E-state index in [0.29, 0.717) is 44.9 Å². The lowest BCUT2D eigenvalue weighted by atomic mass is 10.2. The number of morpholine rings is 1. The van der Waals surface area contributed by atoms with Crippen LogP contribution in [0.25, 0.3) is 0 Å². The van der Waals surface area contributed by atoms with E-state index in [1.54, 1.807) is 17.0 Å². The zero-order chi connectivity index (χ0) is 16.7. The molecule has 0 unspecified atom stereocenters. The van der Waals surface area contributed by atoms with Crippen molar-refractivity contribution in [1.29, 1.82) is 0 Å². The molecule has 1 N–H and O–H groups in total. The van der Waals surface area contributed by atoms with Gasteiger partial charge in [0, 0.05) is 25.6 Å². The highest BCUT2D eigenvalue weighted by Gasteiger charge is 2.25. The van der Waals surface area contributed by atoms with Crippen LogP contribution >= 0.6 is 0 Å². The first-order valence-corrected chi connectivity index (χ1v) is 7.54. The van der Waals surface area contributed by atoms with Gasteiger partial charge in [-0.1, -0.05) is 6.07 Å². The molecule has 6 nitrogen and oxygen atoms in total. The number of carboxylic acid groups (broad SMARTS) is 1. The number of rotatable bonds is 7. The third kappa shape index (κ3) is 5.86. The molecule has 0 bridgehead atoms. The lowest BCUT2D eigenvalue weighted by Crippen LogP contribution is -2.46. The SMILES string of the molecule is O=C(O)C[C@@H]1CN(C(=O)CCCOc2cccc(F)c2)CCO1. The molecule has 1 saturated heterocycles. The molecule has 1 amide bonds. The maximum Gasteiger partial charge on any atom is 0.306 e. The van der Waals surface area contributed by atoms with Crippen LogP contribution in [0, 0.1) is 5.82 Å². The summed E-state index contributed by atoms with van der Waals surface area (Å²) in [6.07, 6.45) is 0.256. The second kappa shape index (κ2) is 8.47. The van der Waals surface area contributed by atoms with Crippen molar-refractivity contribution >= 4 is 11.9 Å². The molecule has 0 aliphatic carbocycles. The predicted octanol–water partition coefficient (Wildman–Crippen LogP) is 1.69. The van der Waals surface area contributed by atoms with Gasteiger partial charge in [-0.2, -0.15) is 0 Å². The zero-order valence-corrected chi connectivity index (χ0v) is 12.7. The summed E-state index contributed by atoms with van der Waals surface area (Å²) in [5.74, 6) is -0.916. The fourth-order valence-corrected chi connectivity index (χ4v) is 2.39. The standard InChI is InChI=1S/C16H20FNO5/c17-12-3-1-4-13(9-12)22-7-2-5-15(19)18-6-8-23-14(11-18)10-16(20)21/h1,3-4,9,14H,2,5-8,10-11H2,(H,20,21)/t14-/m1/s1. The predicted molar refractivity (Wildman–Crippen MR) is 79.7 cm³/mol. The molecule has 7 heteroatoms. The van der Waals surface area contributed by atoms with Crippen molar-refractivity contribution < 1.29 is 28.6 Å². The van der Waals surface area contributed by atoms with Crippen LogP contribution in [0.3, 0.4) is 0 Å². The Kier molecular flexibility index (Phi) is 6.34. The van der Waals surface area contributed by atoms with E-state index in [9.17, 15) is 14.0 Å². The van der Waals surface area contributed by atoms with Crippen LogP contribution in [0.2, 0.25) is 0 Å². The van der Waals surface area contributed by atoms with E-state index in [1.807, 2.05) is 0 Å². The first-order chi connectivity index (χ1) is 11.0. The number of benzene rings is 1. The Balaban J connectivity index is 1.69. The normalized spacial score (nSPS) is 17.8. The minimum Gasteiger partial charge on any atom is -0.493 e. The van der Waals surface area contributed by atoms with Gasteiger partial charge >= 0.3 is 5.97 Å². The van der Waals surface area contributed by atoms with E-state index >= 15 is 0 Å². The van der Waals surface area contributed by atoms with Crippen molar-refractivity contribution in [3.63, 3.8) is 0 Å². The molecular formula is C16H20FNO5. The number of carbonyl (C=O) groups is 2. The number of halogens is 1. The fraction of sp³-hybridized carbons (Fsp3) is 0.500. The number of hydrogen-bond donors (Lipinski definition) is 1. The number of hydrogen-bond acceptors (Lipinski definition) is 4. The minimum atomic E-state index is -0.937. The summed E-state index contributed by atoms with van der Waals surface area (Å²) >= 11 is 0. The van der Waals surface area contributed by atoms with Gasteiger partial charge in [-0.25, -0.2) is 4.39 Å². The molecule has 1 aromatic carbocycles. The van der Waals surface area contributed by atoms with Crippen LogP contribution in [-0.2, 0) is 14.3 Å². The van der Waals surface area contributed by atoms with Crippen molar-refractivity contribution in [1.82, 2.24) is 4.90 Å². The molecular weight excluding hydrogens is 305 g/mol. The van der Waals surface area contributed by atoms with E-state index in [2.05, 4.69) is 0 Å². The average molecular weight is 325 g/mol. The lowest BCUT2D eigenvalue weighted by Gasteiger charge is -2.32. The van der Waals surface area contributed by atoms with Crippen molar-refractivity contribution in [2.75, 3.05) is 26.3 Å². The molecule has 1 atom stereocenters. The lowest BCUT2D eigenvalue weighted by molar-refractivity contribution is -0.147. The molecule has 0 saturated carbocycles. The first-order valence-electron chi connectivity index (χ1n) is 7.54. The van der Waals surface area contributed by atoms with Crippen LogP contribution in [0.1, 0.15) is 19.3 Å². The van der Waals surface area contributed by atoms with E-state index < -0.39 is 12.1 Å². The third-order valence-electron chi connectivity index (χ3n) is 3.49. The summed E-state index contributed by atoms with van der Waals surface area (Å²) in [5, 5.41) is 8.77. The van der Waals surface area contributed by atoms with Gasteiger partial charge in [-0.05, 0) is 18.6 Å². The third-order valence-corrected chi connectivity index (χ3v) is 3.49. The van der Waals surface area contributed by atoms with Crippen LogP contribution in [0.5, 0.6) is 5.75 Å². The van der Waals surface area contributed by atoms with Gasteiger partial charge in [0.15, 0.2) is 0 Å². The Morgan fingerprint density at radius 1 is 1.43 bits per heavy atom. The number of carbonyl (C=O) groups excluding carboxylic acids is 1. The summed E-state index contributed by atoms with van der Waals surface area (Å²) in [4.78, 5) is 24.4. The van der Waals surface area contributed by atoms with Crippen LogP contribution in [0.4, 0.5) is 4.39 Å². The molecule has 1 aliphatic heterocycles. The van der Waals surface area contributed by atoms with Gasteiger partial charge in [0.25, 0.3) is 0 Å². The summed E-state index contributed by atoms with van der Waals surface area (Å²) in [5.41, 5.74) is 0. The first kappa shape index (κ1) is 17.2. The number of amides is 1. The van der Waals surface area contributed by atoms with Gasteiger partial charge in [-0.3, -0.25) is 9.59 Å². The number of aliphatic carboxylic acids is 1. The molecule has 1 aliphatic rings. The average Bonchev–Trinajstić information content (AvgIpc) is 2.51. The second-order valence-corrected chi connectivity index (χ2v) is 5.34. The van der Waals surface area contributed by atoms with E-state index in [4.69, 9.17) is 14.6 Å². The molecule has 0 radical (unpaired) electrons. The van der Waals surface area contributed by atoms with Gasteiger partial charge in [-0.15, -0.1) is 0 Å². The highest BCUT2D eigenvalue weighted by molar-refractivity contribution is 5.76. The molecule has 126 valence electrons. The summed E-state index contributed by atoms with van der Waals surface area (Å²) in [7, 11) is 0. The van der Waals surface area contributed by atoms with Gasteiger partial charge in [0.2, 0.25) is 5.91 Å². The van der Waals surface area contributed by atoms with Crippen molar-refractivity contribution in [2.45, 2.75) is 25.4 Å². The monoisotopic (exact) mass is 325 g/mol. The van der Waals surface area contributed by atoms with Gasteiger partial charge in [0.05, 0.1) is 25.7 Å².